The Morgan fingerprint density at radius 2 is 1.89 bits per heavy atom. The summed E-state index contributed by atoms with van der Waals surface area (Å²) in [6.07, 6.45) is -0.306. The third kappa shape index (κ3) is 4.56. The quantitative estimate of drug-likeness (QED) is 0.342. The number of methoxy groups -OCH3 is 1. The summed E-state index contributed by atoms with van der Waals surface area (Å²) in [5.41, 5.74) is 1.40. The summed E-state index contributed by atoms with van der Waals surface area (Å²) >= 11 is 7.46. The van der Waals surface area contributed by atoms with E-state index in [1.807, 2.05) is 17.9 Å². The first-order chi connectivity index (χ1) is 18.1. The van der Waals surface area contributed by atoms with E-state index < -0.39 is 29.1 Å². The van der Waals surface area contributed by atoms with Crippen LogP contribution in [-0.4, -0.2) is 65.5 Å². The highest BCUT2D eigenvalue weighted by Crippen LogP contribution is 2.44. The largest absolute Gasteiger partial charge is 0.379 e. The van der Waals surface area contributed by atoms with E-state index in [1.165, 1.54) is 27.3 Å². The van der Waals surface area contributed by atoms with E-state index in [9.17, 15) is 18.4 Å². The van der Waals surface area contributed by atoms with Crippen molar-refractivity contribution < 1.29 is 22.7 Å². The summed E-state index contributed by atoms with van der Waals surface area (Å²) in [5, 5.41) is 0.464. The maximum absolute atomic E-state index is 15.1. The highest BCUT2D eigenvalue weighted by atomic mass is 35.5. The Labute approximate surface area is 225 Å². The van der Waals surface area contributed by atoms with Crippen molar-refractivity contribution in [3.63, 3.8) is 0 Å². The second kappa shape index (κ2) is 10.3. The number of benzene rings is 2. The number of aryl methyl sites for hydroxylation is 1. The SMILES string of the molecule is C=C(F)C(=O)N1CCN(c2nc(=O)n3c4c(c(-c5cc(Cl)c(F)cc5F)c(C)cc24)SC[C@@H](OC)C3)CC1. The van der Waals surface area contributed by atoms with Crippen LogP contribution in [0.5, 0.6) is 0 Å². The van der Waals surface area contributed by atoms with Gasteiger partial charge < -0.3 is 14.5 Å². The van der Waals surface area contributed by atoms with Gasteiger partial charge in [0.2, 0.25) is 0 Å². The van der Waals surface area contributed by atoms with Gasteiger partial charge in [0, 0.05) is 66.5 Å². The molecular weight excluding hydrogens is 541 g/mol. The smallest absolute Gasteiger partial charge is 0.350 e. The molecule has 0 bridgehead atoms. The van der Waals surface area contributed by atoms with Crippen molar-refractivity contribution in [3.05, 3.63) is 63.3 Å². The van der Waals surface area contributed by atoms with E-state index in [0.717, 1.165) is 6.07 Å². The number of amides is 1. The van der Waals surface area contributed by atoms with Crippen LogP contribution in [0.2, 0.25) is 5.02 Å². The molecule has 1 aromatic heterocycles. The van der Waals surface area contributed by atoms with Crippen LogP contribution in [0, 0.1) is 18.6 Å². The molecular formula is C26H24ClF3N4O3S. The van der Waals surface area contributed by atoms with Crippen LogP contribution in [-0.2, 0) is 16.1 Å². The number of anilines is 1. The number of ether oxygens (including phenoxy) is 1. The number of hydrogen-bond acceptors (Lipinski definition) is 6. The molecule has 5 rings (SSSR count). The Bertz CT molecular complexity index is 1540. The fourth-order valence-corrected chi connectivity index (χ4v) is 6.52. The van der Waals surface area contributed by atoms with Gasteiger partial charge in [0.15, 0.2) is 5.83 Å². The minimum atomic E-state index is -1.02. The third-order valence-corrected chi connectivity index (χ3v) is 8.42. The molecule has 1 amide bonds. The highest BCUT2D eigenvalue weighted by molar-refractivity contribution is 7.99. The zero-order valence-corrected chi connectivity index (χ0v) is 22.3. The molecule has 2 aliphatic rings. The minimum absolute atomic E-state index is 0.130. The molecule has 0 saturated carbocycles. The third-order valence-electron chi connectivity index (χ3n) is 6.91. The number of piperazine rings is 1. The Morgan fingerprint density at radius 3 is 2.55 bits per heavy atom. The molecule has 2 aromatic carbocycles. The Balaban J connectivity index is 1.71. The molecule has 1 atom stereocenters. The molecule has 0 spiro atoms. The number of carbonyl (C=O) groups excluding carboxylic acids is 1. The molecule has 3 aromatic rings. The molecule has 1 fully saturated rings. The van der Waals surface area contributed by atoms with Crippen molar-refractivity contribution in [2.24, 2.45) is 0 Å². The summed E-state index contributed by atoms with van der Waals surface area (Å²) in [4.78, 5) is 33.7. The summed E-state index contributed by atoms with van der Waals surface area (Å²) in [5.74, 6) is -2.48. The van der Waals surface area contributed by atoms with Gasteiger partial charge in [-0.15, -0.1) is 11.8 Å². The van der Waals surface area contributed by atoms with Gasteiger partial charge >= 0.3 is 5.69 Å². The van der Waals surface area contributed by atoms with Crippen molar-refractivity contribution in [1.82, 2.24) is 14.5 Å². The number of hydrogen-bond donors (Lipinski definition) is 0. The molecule has 3 heterocycles. The topological polar surface area (TPSA) is 67.7 Å². The molecule has 7 nitrogen and oxygen atoms in total. The summed E-state index contributed by atoms with van der Waals surface area (Å²) in [6, 6.07) is 3.85. The molecule has 0 radical (unpaired) electrons. The Kier molecular flexibility index (Phi) is 7.19. The zero-order valence-electron chi connectivity index (χ0n) is 20.7. The lowest BCUT2D eigenvalue weighted by atomic mass is 9.97. The Hall–Kier alpha value is -3.02. The molecule has 0 unspecified atom stereocenters. The van der Waals surface area contributed by atoms with Crippen molar-refractivity contribution in [2.75, 3.05) is 43.9 Å². The number of nitrogens with zero attached hydrogens (tertiary/aromatic N) is 4. The number of thioether (sulfide) groups is 1. The van der Waals surface area contributed by atoms with Gasteiger partial charge in [-0.3, -0.25) is 9.36 Å². The van der Waals surface area contributed by atoms with Crippen molar-refractivity contribution in [1.29, 1.82) is 0 Å². The fraction of sp³-hybridized carbons (Fsp3) is 0.346. The average Bonchev–Trinajstić information content (AvgIpc) is 3.09. The summed E-state index contributed by atoms with van der Waals surface area (Å²) in [7, 11) is 1.56. The van der Waals surface area contributed by atoms with E-state index in [1.54, 1.807) is 7.11 Å². The maximum Gasteiger partial charge on any atom is 0.350 e. The lowest BCUT2D eigenvalue weighted by Crippen LogP contribution is -2.49. The van der Waals surface area contributed by atoms with Crippen LogP contribution >= 0.6 is 23.4 Å². The first-order valence-corrected chi connectivity index (χ1v) is 13.2. The number of rotatable bonds is 4. The van der Waals surface area contributed by atoms with Gasteiger partial charge in [0.05, 0.1) is 23.2 Å². The van der Waals surface area contributed by atoms with Crippen LogP contribution < -0.4 is 10.6 Å². The monoisotopic (exact) mass is 564 g/mol. The number of halogens is 4. The van der Waals surface area contributed by atoms with Crippen LogP contribution in [0.4, 0.5) is 19.0 Å². The first kappa shape index (κ1) is 26.6. The molecule has 12 heteroatoms. The van der Waals surface area contributed by atoms with Crippen LogP contribution in [0.3, 0.4) is 0 Å². The molecule has 1 saturated heterocycles. The van der Waals surface area contributed by atoms with Crippen LogP contribution in [0.25, 0.3) is 22.0 Å². The molecule has 0 aliphatic carbocycles. The number of aromatic nitrogens is 2. The van der Waals surface area contributed by atoms with E-state index in [0.29, 0.717) is 51.6 Å². The molecule has 38 heavy (non-hydrogen) atoms. The second-order valence-electron chi connectivity index (χ2n) is 9.22. The maximum atomic E-state index is 15.1. The predicted octanol–water partition coefficient (Wildman–Crippen LogP) is 4.56. The van der Waals surface area contributed by atoms with Crippen LogP contribution in [0.1, 0.15) is 5.56 Å². The van der Waals surface area contributed by atoms with Gasteiger partial charge in [-0.25, -0.2) is 18.0 Å². The lowest BCUT2D eigenvalue weighted by Gasteiger charge is -2.35. The molecule has 0 N–H and O–H groups in total. The summed E-state index contributed by atoms with van der Waals surface area (Å²) in [6.45, 7) is 6.26. The highest BCUT2D eigenvalue weighted by Gasteiger charge is 2.30. The van der Waals surface area contributed by atoms with Crippen molar-refractivity contribution >= 4 is 46.0 Å². The van der Waals surface area contributed by atoms with E-state index >= 15 is 4.39 Å². The van der Waals surface area contributed by atoms with Crippen molar-refractivity contribution in [2.45, 2.75) is 24.5 Å². The van der Waals surface area contributed by atoms with Gasteiger partial charge in [0.25, 0.3) is 5.91 Å². The normalized spacial score (nSPS) is 17.6. The molecule has 2 aliphatic heterocycles. The lowest BCUT2D eigenvalue weighted by molar-refractivity contribution is -0.128. The van der Waals surface area contributed by atoms with Gasteiger partial charge in [-0.2, -0.15) is 4.98 Å². The van der Waals surface area contributed by atoms with E-state index in [-0.39, 0.29) is 36.3 Å². The van der Waals surface area contributed by atoms with E-state index in [4.69, 9.17) is 16.3 Å². The van der Waals surface area contributed by atoms with E-state index in [2.05, 4.69) is 11.6 Å². The minimum Gasteiger partial charge on any atom is -0.379 e. The Morgan fingerprint density at radius 1 is 1.18 bits per heavy atom. The fourth-order valence-electron chi connectivity index (χ4n) is 4.99. The predicted molar refractivity (Wildman–Crippen MR) is 142 cm³/mol. The van der Waals surface area contributed by atoms with Gasteiger partial charge in [-0.1, -0.05) is 18.2 Å². The van der Waals surface area contributed by atoms with Crippen LogP contribution in [0.15, 0.2) is 40.3 Å². The van der Waals surface area contributed by atoms with Gasteiger partial charge in [0.1, 0.15) is 17.5 Å². The second-order valence-corrected chi connectivity index (χ2v) is 10.7. The standard InChI is InChI=1S/C26H24ClF3N4O3S/c1-13-8-17-22-23(21(13)16-9-18(27)20(30)10-19(16)29)38-12-15(37-3)11-34(22)26(36)31-24(17)32-4-6-33(7-5-32)25(35)14(2)28/h8-10,15H,2,4-7,11-12H2,1,3H3/t15-/m0/s1. The van der Waals surface area contributed by atoms with Crippen molar-refractivity contribution in [3.8, 4) is 11.1 Å². The van der Waals surface area contributed by atoms with Gasteiger partial charge in [-0.05, 0) is 24.6 Å². The number of carbonyl (C=O) groups is 1. The zero-order chi connectivity index (χ0) is 27.3. The molecule has 200 valence electrons. The average molecular weight is 565 g/mol. The summed E-state index contributed by atoms with van der Waals surface area (Å²) < 4.78 is 49.6. The first-order valence-electron chi connectivity index (χ1n) is 11.9.